The number of anilines is 1. The molecule has 30 heavy (non-hydrogen) atoms. The lowest BCUT2D eigenvalue weighted by atomic mass is 9.89. The van der Waals surface area contributed by atoms with Crippen LogP contribution in [0.4, 0.5) is 18.9 Å². The van der Waals surface area contributed by atoms with Gasteiger partial charge in [-0.2, -0.15) is 13.2 Å². The van der Waals surface area contributed by atoms with Crippen LogP contribution in [0.15, 0.2) is 39.5 Å². The Balaban J connectivity index is 1.64. The highest BCUT2D eigenvalue weighted by atomic mass is 19.4. The van der Waals surface area contributed by atoms with Gasteiger partial charge in [0, 0.05) is 28.6 Å². The van der Waals surface area contributed by atoms with Crippen molar-refractivity contribution in [3.63, 3.8) is 0 Å². The molecule has 1 aromatic heterocycles. The number of halogens is 3. The van der Waals surface area contributed by atoms with Crippen LogP contribution in [0.5, 0.6) is 5.75 Å². The summed E-state index contributed by atoms with van der Waals surface area (Å²) in [7, 11) is 0. The zero-order chi connectivity index (χ0) is 21.0. The first-order valence-electron chi connectivity index (χ1n) is 9.99. The van der Waals surface area contributed by atoms with Gasteiger partial charge in [0.25, 0.3) is 0 Å². The molecule has 2 heterocycles. The van der Waals surface area contributed by atoms with Gasteiger partial charge in [0.15, 0.2) is 6.73 Å². The van der Waals surface area contributed by atoms with Crippen LogP contribution in [-0.2, 0) is 25.6 Å². The number of para-hydroxylation sites is 1. The lowest BCUT2D eigenvalue weighted by Gasteiger charge is -2.33. The summed E-state index contributed by atoms with van der Waals surface area (Å²) < 4.78 is 52.0. The van der Waals surface area contributed by atoms with Crippen molar-refractivity contribution in [1.82, 2.24) is 0 Å². The summed E-state index contributed by atoms with van der Waals surface area (Å²) >= 11 is 0. The van der Waals surface area contributed by atoms with Crippen LogP contribution in [0.1, 0.15) is 40.7 Å². The minimum absolute atomic E-state index is 0.0123. The Morgan fingerprint density at radius 1 is 1.07 bits per heavy atom. The molecular formula is C23H20F3NO3. The van der Waals surface area contributed by atoms with Crippen LogP contribution in [0.2, 0.25) is 0 Å². The first-order valence-corrected chi connectivity index (χ1v) is 9.99. The van der Waals surface area contributed by atoms with E-state index in [0.717, 1.165) is 53.0 Å². The Morgan fingerprint density at radius 2 is 1.80 bits per heavy atom. The lowest BCUT2D eigenvalue weighted by molar-refractivity contribution is -0.137. The number of ether oxygens (including phenoxy) is 1. The number of aryl methyl sites for hydroxylation is 2. The van der Waals surface area contributed by atoms with E-state index in [0.29, 0.717) is 17.8 Å². The van der Waals surface area contributed by atoms with E-state index in [9.17, 15) is 18.0 Å². The van der Waals surface area contributed by atoms with Gasteiger partial charge in [-0.1, -0.05) is 12.1 Å². The Kier molecular flexibility index (Phi) is 4.31. The summed E-state index contributed by atoms with van der Waals surface area (Å²) in [6.07, 6.45) is -0.983. The maximum absolute atomic E-state index is 13.5. The first kappa shape index (κ1) is 19.0. The van der Waals surface area contributed by atoms with E-state index in [1.807, 2.05) is 13.0 Å². The van der Waals surface area contributed by atoms with Gasteiger partial charge in [-0.25, -0.2) is 4.79 Å². The predicted molar refractivity (Wildman–Crippen MR) is 107 cm³/mol. The molecule has 0 unspecified atom stereocenters. The highest BCUT2D eigenvalue weighted by molar-refractivity contribution is 5.87. The third kappa shape index (κ3) is 2.95. The van der Waals surface area contributed by atoms with Crippen molar-refractivity contribution in [2.45, 2.75) is 45.3 Å². The minimum atomic E-state index is -4.45. The average Bonchev–Trinajstić information content (AvgIpc) is 2.74. The maximum atomic E-state index is 13.5. The van der Waals surface area contributed by atoms with Crippen LogP contribution in [0, 0.1) is 6.92 Å². The fraction of sp³-hybridized carbons (Fsp3) is 0.348. The second kappa shape index (κ2) is 6.79. The summed E-state index contributed by atoms with van der Waals surface area (Å²) in [5.74, 6) is 0.585. The lowest BCUT2D eigenvalue weighted by Crippen LogP contribution is -2.33. The standard InChI is InChI=1S/C23H20F3NO3/c1-13-20-14(10-17-15-6-2-3-7-16(15)22(28)30-21(13)17)11-27(12-29-20)19-9-5-4-8-18(19)23(24,25)26/h4-5,8-10H,2-3,6-7,11-12H2,1H3. The van der Waals surface area contributed by atoms with Gasteiger partial charge in [-0.05, 0) is 56.4 Å². The predicted octanol–water partition coefficient (Wildman–Crippen LogP) is 5.36. The van der Waals surface area contributed by atoms with Crippen LogP contribution in [-0.4, -0.2) is 6.73 Å². The Bertz CT molecular complexity index is 1210. The molecule has 2 aromatic carbocycles. The molecule has 5 rings (SSSR count). The molecule has 0 radical (unpaired) electrons. The Morgan fingerprint density at radius 3 is 2.57 bits per heavy atom. The number of hydrogen-bond acceptors (Lipinski definition) is 4. The zero-order valence-electron chi connectivity index (χ0n) is 16.4. The van der Waals surface area contributed by atoms with Crippen molar-refractivity contribution in [2.75, 3.05) is 11.6 Å². The third-order valence-electron chi connectivity index (χ3n) is 6.05. The smallest absolute Gasteiger partial charge is 0.418 e. The molecule has 3 aromatic rings. The molecule has 0 saturated heterocycles. The van der Waals surface area contributed by atoms with Gasteiger partial charge in [-0.3, -0.25) is 0 Å². The first-order chi connectivity index (χ1) is 14.3. The molecule has 0 amide bonds. The molecular weight excluding hydrogens is 395 g/mol. The second-order valence-electron chi connectivity index (χ2n) is 7.91. The molecule has 4 nitrogen and oxygen atoms in total. The van der Waals surface area contributed by atoms with Gasteiger partial charge in [0.05, 0.1) is 11.3 Å². The quantitative estimate of drug-likeness (QED) is 0.502. The summed E-state index contributed by atoms with van der Waals surface area (Å²) in [5, 5.41) is 0.870. The molecule has 2 aliphatic rings. The highest BCUT2D eigenvalue weighted by Gasteiger charge is 2.36. The van der Waals surface area contributed by atoms with E-state index in [4.69, 9.17) is 9.15 Å². The summed E-state index contributed by atoms with van der Waals surface area (Å²) in [6.45, 7) is 2.10. The molecule has 0 N–H and O–H groups in total. The molecule has 156 valence electrons. The fourth-order valence-corrected chi connectivity index (χ4v) is 4.65. The van der Waals surface area contributed by atoms with Gasteiger partial charge in [0.2, 0.25) is 0 Å². The highest BCUT2D eigenvalue weighted by Crippen LogP contribution is 2.41. The summed E-state index contributed by atoms with van der Waals surface area (Å²) in [5.41, 5.74) is 2.88. The Hall–Kier alpha value is -2.96. The van der Waals surface area contributed by atoms with Crippen LogP contribution in [0.25, 0.3) is 11.0 Å². The van der Waals surface area contributed by atoms with Crippen LogP contribution >= 0.6 is 0 Å². The largest absolute Gasteiger partial charge is 0.472 e. The fourth-order valence-electron chi connectivity index (χ4n) is 4.65. The summed E-state index contributed by atoms with van der Waals surface area (Å²) in [4.78, 5) is 14.0. The number of fused-ring (bicyclic) bond motifs is 4. The van der Waals surface area contributed by atoms with E-state index in [1.165, 1.54) is 12.1 Å². The Labute approximate surface area is 170 Å². The van der Waals surface area contributed by atoms with Gasteiger partial charge in [-0.15, -0.1) is 0 Å². The van der Waals surface area contributed by atoms with E-state index >= 15 is 0 Å². The minimum Gasteiger partial charge on any atom is -0.472 e. The molecule has 0 spiro atoms. The molecule has 0 bridgehead atoms. The van der Waals surface area contributed by atoms with E-state index in [-0.39, 0.29) is 24.6 Å². The van der Waals surface area contributed by atoms with Gasteiger partial charge < -0.3 is 14.1 Å². The molecule has 1 aliphatic heterocycles. The van der Waals surface area contributed by atoms with E-state index in [1.54, 1.807) is 11.0 Å². The number of nitrogens with zero attached hydrogens (tertiary/aromatic N) is 1. The third-order valence-corrected chi connectivity index (χ3v) is 6.05. The second-order valence-corrected chi connectivity index (χ2v) is 7.91. The number of alkyl halides is 3. The monoisotopic (exact) mass is 415 g/mol. The molecule has 0 atom stereocenters. The van der Waals surface area contributed by atoms with Gasteiger partial charge >= 0.3 is 11.8 Å². The molecule has 1 aliphatic carbocycles. The van der Waals surface area contributed by atoms with E-state index < -0.39 is 11.7 Å². The topological polar surface area (TPSA) is 42.7 Å². The number of rotatable bonds is 1. The molecule has 0 fully saturated rings. The normalized spacial score (nSPS) is 16.2. The SMILES string of the molecule is Cc1c2c(cc3c4c(c(=O)oc13)CCCC4)CN(c1ccccc1C(F)(F)F)CO2. The van der Waals surface area contributed by atoms with Crippen molar-refractivity contribution in [1.29, 1.82) is 0 Å². The maximum Gasteiger partial charge on any atom is 0.418 e. The number of benzene rings is 2. The van der Waals surface area contributed by atoms with Gasteiger partial charge in [0.1, 0.15) is 11.3 Å². The van der Waals surface area contributed by atoms with E-state index in [2.05, 4.69) is 0 Å². The van der Waals surface area contributed by atoms with Crippen LogP contribution in [0.3, 0.4) is 0 Å². The van der Waals surface area contributed by atoms with Crippen LogP contribution < -0.4 is 15.3 Å². The molecule has 0 saturated carbocycles. The zero-order valence-corrected chi connectivity index (χ0v) is 16.4. The molecule has 7 heteroatoms. The van der Waals surface area contributed by atoms with Crippen molar-refractivity contribution < 1.29 is 22.3 Å². The van der Waals surface area contributed by atoms with Crippen molar-refractivity contribution in [3.05, 3.63) is 68.6 Å². The van der Waals surface area contributed by atoms with Crippen molar-refractivity contribution in [3.8, 4) is 5.75 Å². The van der Waals surface area contributed by atoms with Crippen molar-refractivity contribution in [2.24, 2.45) is 0 Å². The summed E-state index contributed by atoms with van der Waals surface area (Å²) in [6, 6.07) is 7.45. The number of hydrogen-bond donors (Lipinski definition) is 0. The average molecular weight is 415 g/mol. The van der Waals surface area contributed by atoms with Crippen molar-refractivity contribution >= 4 is 16.7 Å².